The molecule has 324 valence electrons. The number of furan rings is 1. The second-order valence-corrected chi connectivity index (χ2v) is 18.3. The molecule has 4 heterocycles. The molecule has 0 atom stereocenters. The van der Waals surface area contributed by atoms with Crippen molar-refractivity contribution >= 4 is 81.6 Å². The number of para-hydroxylation sites is 2. The summed E-state index contributed by atoms with van der Waals surface area (Å²) in [4.78, 5) is 15.8. The van der Waals surface area contributed by atoms with Crippen LogP contribution in [0.1, 0.15) is 0 Å². The highest BCUT2D eigenvalue weighted by molar-refractivity contribution is 6.33. The van der Waals surface area contributed by atoms with Gasteiger partial charge in [0.1, 0.15) is 11.2 Å². The molecule has 0 aliphatic carbocycles. The van der Waals surface area contributed by atoms with Gasteiger partial charge in [-0.2, -0.15) is 0 Å². The van der Waals surface area contributed by atoms with Gasteiger partial charge in [0.15, 0.2) is 17.5 Å². The first-order chi connectivity index (χ1) is 34.7. The Labute approximate surface area is 401 Å². The van der Waals surface area contributed by atoms with Crippen LogP contribution in [0.4, 0.5) is 0 Å². The Morgan fingerprint density at radius 2 is 0.829 bits per heavy atom. The lowest BCUT2D eigenvalue weighted by Crippen LogP contribution is -2.01. The molecule has 0 amide bonds. The topological polar surface area (TPSA) is 56.2 Å². The third-order valence-electron chi connectivity index (χ3n) is 14.4. The quantitative estimate of drug-likeness (QED) is 0.167. The molecule has 0 aliphatic heterocycles. The molecule has 15 aromatic rings. The van der Waals surface area contributed by atoms with Gasteiger partial charge in [0.25, 0.3) is 0 Å². The summed E-state index contributed by atoms with van der Waals surface area (Å²) in [6, 6.07) is 82.0. The first-order valence-electron chi connectivity index (χ1n) is 23.8. The minimum atomic E-state index is 0.611. The molecule has 0 spiro atoms. The summed E-state index contributed by atoms with van der Waals surface area (Å²) in [6.07, 6.45) is 0. The molecular formula is C65H38N4O. The standard InChI is InChI=1S/C65H38N4O/c1-2-15-45-37-46(36-29-39(45)13-1)40-27-34-44(35-28-40)63-66-64(68-65(67-63)53-23-11-16-41-14-3-4-17-47(41)53)52-21-6-5-18-48(52)42-30-32-43(33-31-42)54-38-55-50-20-8-10-25-57(50)69-56-24-9-7-19-49(56)51-22-12-26-58-59(51)60(61(55)69)62(54)70-58/h1-38H. The number of hydrogen-bond acceptors (Lipinski definition) is 4. The molecule has 0 radical (unpaired) electrons. The molecule has 5 heteroatoms. The molecule has 5 nitrogen and oxygen atoms in total. The summed E-state index contributed by atoms with van der Waals surface area (Å²) in [5.74, 6) is 1.85. The third-order valence-corrected chi connectivity index (χ3v) is 14.4. The van der Waals surface area contributed by atoms with Gasteiger partial charge >= 0.3 is 0 Å². The Kier molecular flexibility index (Phi) is 8.29. The van der Waals surface area contributed by atoms with Crippen molar-refractivity contribution in [3.05, 3.63) is 231 Å². The number of benzene rings is 11. The Morgan fingerprint density at radius 1 is 0.300 bits per heavy atom. The minimum Gasteiger partial charge on any atom is -0.455 e. The average Bonchev–Trinajstić information content (AvgIpc) is 3.95. The smallest absolute Gasteiger partial charge is 0.164 e. The number of hydrogen-bond donors (Lipinski definition) is 0. The van der Waals surface area contributed by atoms with Crippen LogP contribution in [0.25, 0.3) is 149 Å². The summed E-state index contributed by atoms with van der Waals surface area (Å²) in [6.45, 7) is 0. The molecule has 0 saturated carbocycles. The highest BCUT2D eigenvalue weighted by Gasteiger charge is 2.25. The number of fused-ring (bicyclic) bond motifs is 8. The van der Waals surface area contributed by atoms with Gasteiger partial charge in [-0.1, -0.05) is 200 Å². The van der Waals surface area contributed by atoms with Crippen molar-refractivity contribution < 1.29 is 4.42 Å². The maximum absolute atomic E-state index is 6.95. The normalized spacial score (nSPS) is 12.0. The van der Waals surface area contributed by atoms with Gasteiger partial charge in [-0.3, -0.25) is 0 Å². The van der Waals surface area contributed by atoms with E-state index in [2.05, 4.69) is 235 Å². The van der Waals surface area contributed by atoms with E-state index in [0.717, 1.165) is 82.8 Å². The highest BCUT2D eigenvalue weighted by Crippen LogP contribution is 2.48. The van der Waals surface area contributed by atoms with Crippen molar-refractivity contribution in [3.8, 4) is 67.5 Å². The zero-order chi connectivity index (χ0) is 45.9. The Balaban J connectivity index is 0.879. The van der Waals surface area contributed by atoms with Crippen LogP contribution in [0.3, 0.4) is 0 Å². The second kappa shape index (κ2) is 15.0. The summed E-state index contributed by atoms with van der Waals surface area (Å²) >= 11 is 0. The summed E-state index contributed by atoms with van der Waals surface area (Å²) < 4.78 is 9.39. The van der Waals surface area contributed by atoms with E-state index in [4.69, 9.17) is 19.4 Å². The van der Waals surface area contributed by atoms with E-state index in [1.54, 1.807) is 0 Å². The van der Waals surface area contributed by atoms with Crippen LogP contribution >= 0.6 is 0 Å². The molecule has 15 rings (SSSR count). The van der Waals surface area contributed by atoms with Crippen LogP contribution in [-0.4, -0.2) is 19.4 Å². The molecule has 0 saturated heterocycles. The lowest BCUT2D eigenvalue weighted by atomic mass is 9.94. The zero-order valence-corrected chi connectivity index (χ0v) is 37.6. The van der Waals surface area contributed by atoms with Crippen molar-refractivity contribution in [3.63, 3.8) is 0 Å². The van der Waals surface area contributed by atoms with E-state index in [1.165, 1.54) is 48.9 Å². The maximum Gasteiger partial charge on any atom is 0.164 e. The van der Waals surface area contributed by atoms with Crippen LogP contribution in [0.15, 0.2) is 235 Å². The fraction of sp³-hybridized carbons (Fsp3) is 0. The minimum absolute atomic E-state index is 0.611. The van der Waals surface area contributed by atoms with E-state index in [-0.39, 0.29) is 0 Å². The average molecular weight is 891 g/mol. The molecule has 0 aliphatic rings. The van der Waals surface area contributed by atoms with E-state index < -0.39 is 0 Å². The monoisotopic (exact) mass is 890 g/mol. The molecular weight excluding hydrogens is 853 g/mol. The van der Waals surface area contributed by atoms with Crippen LogP contribution in [0.2, 0.25) is 0 Å². The predicted molar refractivity (Wildman–Crippen MR) is 289 cm³/mol. The zero-order valence-electron chi connectivity index (χ0n) is 37.6. The van der Waals surface area contributed by atoms with Crippen molar-refractivity contribution in [2.24, 2.45) is 0 Å². The SMILES string of the molecule is c1ccc(-c2nc(-c3ccc(-c4ccc5ccccc5c4)cc3)nc(-c3cccc4ccccc34)n2)c(-c2ccc(-c3cc4c5ccccc5n5c6ccccc6c6cccc7oc3c(c76)c45)cc2)c1. The van der Waals surface area contributed by atoms with Crippen molar-refractivity contribution in [1.82, 2.24) is 19.4 Å². The maximum atomic E-state index is 6.95. The van der Waals surface area contributed by atoms with E-state index in [0.29, 0.717) is 17.5 Å². The van der Waals surface area contributed by atoms with E-state index >= 15 is 0 Å². The van der Waals surface area contributed by atoms with Gasteiger partial charge in [0.05, 0.1) is 21.9 Å². The number of aromatic nitrogens is 4. The summed E-state index contributed by atoms with van der Waals surface area (Å²) in [5.41, 5.74) is 14.7. The van der Waals surface area contributed by atoms with Crippen LogP contribution in [0, 0.1) is 0 Å². The molecule has 0 bridgehead atoms. The Bertz CT molecular complexity index is 4580. The lowest BCUT2D eigenvalue weighted by molar-refractivity contribution is 0.670. The summed E-state index contributed by atoms with van der Waals surface area (Å²) in [5, 5.41) is 11.8. The van der Waals surface area contributed by atoms with Crippen molar-refractivity contribution in [1.29, 1.82) is 0 Å². The van der Waals surface area contributed by atoms with Gasteiger partial charge in [0.2, 0.25) is 0 Å². The van der Waals surface area contributed by atoms with E-state index in [1.807, 2.05) is 0 Å². The fourth-order valence-corrected chi connectivity index (χ4v) is 11.1. The predicted octanol–water partition coefficient (Wildman–Crippen LogP) is 17.2. The molecule has 0 fully saturated rings. The van der Waals surface area contributed by atoms with Crippen molar-refractivity contribution in [2.75, 3.05) is 0 Å². The number of rotatable bonds is 6. The Morgan fingerprint density at radius 3 is 1.61 bits per heavy atom. The molecule has 0 N–H and O–H groups in total. The Hall–Kier alpha value is -9.45. The fourth-order valence-electron chi connectivity index (χ4n) is 11.1. The summed E-state index contributed by atoms with van der Waals surface area (Å²) in [7, 11) is 0. The van der Waals surface area contributed by atoms with Crippen LogP contribution < -0.4 is 0 Å². The van der Waals surface area contributed by atoms with Gasteiger partial charge in [-0.25, -0.2) is 15.0 Å². The first kappa shape index (κ1) is 38.6. The number of nitrogens with zero attached hydrogens (tertiary/aromatic N) is 4. The van der Waals surface area contributed by atoms with E-state index in [9.17, 15) is 0 Å². The molecule has 11 aromatic carbocycles. The molecule has 4 aromatic heterocycles. The van der Waals surface area contributed by atoms with Crippen LogP contribution in [0.5, 0.6) is 0 Å². The van der Waals surface area contributed by atoms with Gasteiger partial charge in [0, 0.05) is 43.8 Å². The molecule has 0 unspecified atom stereocenters. The van der Waals surface area contributed by atoms with Gasteiger partial charge < -0.3 is 8.82 Å². The van der Waals surface area contributed by atoms with Crippen molar-refractivity contribution in [2.45, 2.75) is 0 Å². The largest absolute Gasteiger partial charge is 0.455 e. The van der Waals surface area contributed by atoms with Gasteiger partial charge in [-0.05, 0) is 85.1 Å². The lowest BCUT2D eigenvalue weighted by Gasteiger charge is -2.14. The first-order valence-corrected chi connectivity index (χ1v) is 23.8. The van der Waals surface area contributed by atoms with Gasteiger partial charge in [-0.15, -0.1) is 0 Å². The van der Waals surface area contributed by atoms with Crippen LogP contribution in [-0.2, 0) is 0 Å². The molecule has 70 heavy (non-hydrogen) atoms. The second-order valence-electron chi connectivity index (χ2n) is 18.3. The highest BCUT2D eigenvalue weighted by atomic mass is 16.3. The third kappa shape index (κ3) is 5.82.